The third kappa shape index (κ3) is 4.01. The Morgan fingerprint density at radius 2 is 2.14 bits per heavy atom. The Kier molecular flexibility index (Phi) is 4.90. The molecule has 1 aromatic carbocycles. The van der Waals surface area contributed by atoms with Gasteiger partial charge in [0.15, 0.2) is 6.04 Å². The molecule has 2 aromatic rings. The Hall–Kier alpha value is -1.95. The second-order valence-corrected chi connectivity index (χ2v) is 5.43. The highest BCUT2D eigenvalue weighted by Crippen LogP contribution is 2.22. The lowest BCUT2D eigenvalue weighted by Crippen LogP contribution is -2.23. The molecule has 1 unspecified atom stereocenters. The summed E-state index contributed by atoms with van der Waals surface area (Å²) in [5.41, 5.74) is 1.74. The van der Waals surface area contributed by atoms with E-state index in [0.717, 1.165) is 10.0 Å². The molecule has 0 saturated heterocycles. The van der Waals surface area contributed by atoms with Crippen LogP contribution in [0.25, 0.3) is 0 Å². The highest BCUT2D eigenvalue weighted by Gasteiger charge is 2.23. The number of esters is 1. The van der Waals surface area contributed by atoms with Crippen LogP contribution < -0.4 is 5.32 Å². The number of aromatic nitrogens is 1. The number of methoxy groups -OCH3 is 1. The largest absolute Gasteiger partial charge is 0.467 e. The quantitative estimate of drug-likeness (QED) is 0.853. The van der Waals surface area contributed by atoms with Crippen LogP contribution in [0.5, 0.6) is 0 Å². The van der Waals surface area contributed by atoms with Gasteiger partial charge in [0.1, 0.15) is 5.82 Å². The number of ether oxygens (including phenoxy) is 1. The lowest BCUT2D eigenvalue weighted by Gasteiger charge is -2.17. The fourth-order valence-corrected chi connectivity index (χ4v) is 2.15. The zero-order chi connectivity index (χ0) is 15.4. The molecule has 21 heavy (non-hydrogen) atoms. The summed E-state index contributed by atoms with van der Waals surface area (Å²) >= 11 is 3.29. The Balaban J connectivity index is 2.32. The van der Waals surface area contributed by atoms with E-state index in [1.165, 1.54) is 19.2 Å². The van der Waals surface area contributed by atoms with E-state index < -0.39 is 12.0 Å². The van der Waals surface area contributed by atoms with Crippen LogP contribution in [0, 0.1) is 12.7 Å². The van der Waals surface area contributed by atoms with Gasteiger partial charge >= 0.3 is 5.97 Å². The van der Waals surface area contributed by atoms with Gasteiger partial charge in [-0.05, 0) is 58.7 Å². The predicted molar refractivity (Wildman–Crippen MR) is 81.5 cm³/mol. The van der Waals surface area contributed by atoms with Gasteiger partial charge in [-0.15, -0.1) is 0 Å². The average molecular weight is 353 g/mol. The number of nitrogens with one attached hydrogen (secondary N) is 1. The van der Waals surface area contributed by atoms with E-state index >= 15 is 0 Å². The molecule has 110 valence electrons. The third-order valence-electron chi connectivity index (χ3n) is 2.84. The zero-order valence-corrected chi connectivity index (χ0v) is 13.1. The minimum absolute atomic E-state index is 0.370. The number of rotatable bonds is 4. The van der Waals surface area contributed by atoms with Crippen LogP contribution >= 0.6 is 15.9 Å². The molecule has 0 spiro atoms. The van der Waals surface area contributed by atoms with Gasteiger partial charge in [-0.3, -0.25) is 4.98 Å². The van der Waals surface area contributed by atoms with Crippen molar-refractivity contribution in [1.29, 1.82) is 0 Å². The Morgan fingerprint density at radius 3 is 2.71 bits per heavy atom. The minimum Gasteiger partial charge on any atom is -0.467 e. The van der Waals surface area contributed by atoms with Crippen LogP contribution in [0.2, 0.25) is 0 Å². The fourth-order valence-electron chi connectivity index (χ4n) is 1.92. The molecule has 0 radical (unpaired) electrons. The maximum Gasteiger partial charge on any atom is 0.334 e. The summed E-state index contributed by atoms with van der Waals surface area (Å²) in [7, 11) is 1.30. The molecule has 6 heteroatoms. The number of carbonyl (C=O) groups excluding carboxylic acids is 1. The van der Waals surface area contributed by atoms with Crippen molar-refractivity contribution in [2.75, 3.05) is 12.4 Å². The number of anilines is 1. The number of aryl methyl sites for hydroxylation is 1. The van der Waals surface area contributed by atoms with Gasteiger partial charge in [0, 0.05) is 16.4 Å². The van der Waals surface area contributed by atoms with Crippen LogP contribution in [0.1, 0.15) is 17.3 Å². The second kappa shape index (κ2) is 6.67. The molecule has 1 atom stereocenters. The summed E-state index contributed by atoms with van der Waals surface area (Å²) in [6, 6.07) is 7.15. The molecule has 0 aliphatic heterocycles. The van der Waals surface area contributed by atoms with Crippen molar-refractivity contribution in [3.63, 3.8) is 0 Å². The molecule has 0 amide bonds. The van der Waals surface area contributed by atoms with Gasteiger partial charge < -0.3 is 10.1 Å². The lowest BCUT2D eigenvalue weighted by atomic mass is 10.1. The van der Waals surface area contributed by atoms with Crippen LogP contribution in [0.4, 0.5) is 10.1 Å². The first kappa shape index (κ1) is 15.4. The molecule has 1 N–H and O–H groups in total. The summed E-state index contributed by atoms with van der Waals surface area (Å²) in [5, 5.41) is 2.95. The maximum atomic E-state index is 13.4. The standard InChI is InChI=1S/C15H14BrFN2O2/c1-9-5-11(17)7-12(6-9)19-14(15(20)21-2)13-4-3-10(16)8-18-13/h3-8,14,19H,1-2H3. The Bertz CT molecular complexity index is 626. The second-order valence-electron chi connectivity index (χ2n) is 4.52. The first-order chi connectivity index (χ1) is 9.99. The third-order valence-corrected chi connectivity index (χ3v) is 3.31. The van der Waals surface area contributed by atoms with E-state index in [0.29, 0.717) is 11.4 Å². The molecule has 0 aliphatic rings. The van der Waals surface area contributed by atoms with Crippen molar-refractivity contribution in [1.82, 2.24) is 4.98 Å². The first-order valence-corrected chi connectivity index (χ1v) is 7.02. The van der Waals surface area contributed by atoms with Crippen molar-refractivity contribution in [2.45, 2.75) is 13.0 Å². The van der Waals surface area contributed by atoms with Crippen LogP contribution in [-0.2, 0) is 9.53 Å². The van der Waals surface area contributed by atoms with Crippen molar-refractivity contribution in [2.24, 2.45) is 0 Å². The van der Waals surface area contributed by atoms with Crippen molar-refractivity contribution >= 4 is 27.6 Å². The molecule has 1 heterocycles. The van der Waals surface area contributed by atoms with Gasteiger partial charge in [-0.2, -0.15) is 0 Å². The van der Waals surface area contributed by atoms with E-state index in [4.69, 9.17) is 4.74 Å². The summed E-state index contributed by atoms with van der Waals surface area (Å²) < 4.78 is 19.0. The Morgan fingerprint density at radius 1 is 1.38 bits per heavy atom. The van der Waals surface area contributed by atoms with Crippen molar-refractivity contribution in [3.05, 3.63) is 58.1 Å². The highest BCUT2D eigenvalue weighted by molar-refractivity contribution is 9.10. The molecule has 0 fully saturated rings. The molecule has 0 bridgehead atoms. The highest BCUT2D eigenvalue weighted by atomic mass is 79.9. The number of nitrogens with zero attached hydrogens (tertiary/aromatic N) is 1. The topological polar surface area (TPSA) is 51.2 Å². The van der Waals surface area contributed by atoms with E-state index in [1.54, 1.807) is 31.3 Å². The van der Waals surface area contributed by atoms with Gasteiger partial charge in [0.2, 0.25) is 0 Å². The molecule has 0 aliphatic carbocycles. The number of carbonyl (C=O) groups is 1. The maximum absolute atomic E-state index is 13.4. The van der Waals surface area contributed by atoms with E-state index in [1.807, 2.05) is 0 Å². The molecular formula is C15H14BrFN2O2. The Labute approximate surface area is 130 Å². The summed E-state index contributed by atoms with van der Waals surface area (Å²) in [6.07, 6.45) is 1.59. The lowest BCUT2D eigenvalue weighted by molar-refractivity contribution is -0.141. The number of benzene rings is 1. The van der Waals surface area contributed by atoms with Crippen molar-refractivity contribution in [3.8, 4) is 0 Å². The van der Waals surface area contributed by atoms with Gasteiger partial charge in [-0.25, -0.2) is 9.18 Å². The molecular weight excluding hydrogens is 339 g/mol. The molecule has 4 nitrogen and oxygen atoms in total. The molecule has 1 aromatic heterocycles. The van der Waals surface area contributed by atoms with Gasteiger partial charge in [0.25, 0.3) is 0 Å². The smallest absolute Gasteiger partial charge is 0.334 e. The normalized spacial score (nSPS) is 11.8. The van der Waals surface area contributed by atoms with E-state index in [9.17, 15) is 9.18 Å². The van der Waals surface area contributed by atoms with E-state index in [2.05, 4.69) is 26.2 Å². The summed E-state index contributed by atoms with van der Waals surface area (Å²) in [4.78, 5) is 16.1. The average Bonchev–Trinajstić information content (AvgIpc) is 2.44. The molecule has 0 saturated carbocycles. The van der Waals surface area contributed by atoms with Crippen LogP contribution in [-0.4, -0.2) is 18.1 Å². The summed E-state index contributed by atoms with van der Waals surface area (Å²) in [5.74, 6) is -0.864. The van der Waals surface area contributed by atoms with Crippen LogP contribution in [0.15, 0.2) is 41.0 Å². The monoisotopic (exact) mass is 352 g/mol. The summed E-state index contributed by atoms with van der Waals surface area (Å²) in [6.45, 7) is 1.78. The SMILES string of the molecule is COC(=O)C(Nc1cc(C)cc(F)c1)c1ccc(Br)cn1. The van der Waals surface area contributed by atoms with Crippen molar-refractivity contribution < 1.29 is 13.9 Å². The zero-order valence-electron chi connectivity index (χ0n) is 11.6. The fraction of sp³-hybridized carbons (Fsp3) is 0.200. The number of hydrogen-bond donors (Lipinski definition) is 1. The first-order valence-electron chi connectivity index (χ1n) is 6.22. The van der Waals surface area contributed by atoms with E-state index in [-0.39, 0.29) is 5.82 Å². The molecule has 2 rings (SSSR count). The van der Waals surface area contributed by atoms with Crippen LogP contribution in [0.3, 0.4) is 0 Å². The number of pyridine rings is 1. The number of hydrogen-bond acceptors (Lipinski definition) is 4. The van der Waals surface area contributed by atoms with Gasteiger partial charge in [0.05, 0.1) is 12.8 Å². The number of halogens is 2. The van der Waals surface area contributed by atoms with Gasteiger partial charge in [-0.1, -0.05) is 0 Å². The minimum atomic E-state index is -0.802. The predicted octanol–water partition coefficient (Wildman–Crippen LogP) is 3.62.